The van der Waals surface area contributed by atoms with Gasteiger partial charge in [0.1, 0.15) is 0 Å². The van der Waals surface area contributed by atoms with Gasteiger partial charge in [-0.2, -0.15) is 0 Å². The minimum absolute atomic E-state index is 0.861. The molecule has 0 aliphatic carbocycles. The van der Waals surface area contributed by atoms with Crippen LogP contribution in [0.5, 0.6) is 0 Å². The molecule has 0 aromatic rings. The molecule has 0 amide bonds. The molecule has 2 heteroatoms. The van der Waals surface area contributed by atoms with Crippen LogP contribution in [-0.4, -0.2) is 13.4 Å². The molecule has 1 N–H and O–H groups in total. The van der Waals surface area contributed by atoms with Crippen LogP contribution in [0.3, 0.4) is 0 Å². The topological polar surface area (TPSA) is 12.0 Å². The van der Waals surface area contributed by atoms with Gasteiger partial charge in [-0.3, -0.25) is 0 Å². The Balaban J connectivity index is 2.06. The molecule has 46 valence electrons. The second kappa shape index (κ2) is 3.13. The molecule has 1 nitrogen and oxygen atoms in total. The Morgan fingerprint density at radius 1 is 1.62 bits per heavy atom. The van der Waals surface area contributed by atoms with Crippen LogP contribution in [0.2, 0.25) is 12.6 Å². The third-order valence-corrected chi connectivity index (χ3v) is 1.80. The molecule has 1 aliphatic heterocycles. The number of nitrogens with one attached hydrogen (secondary N) is 1. The first-order chi connectivity index (χ1) is 3.93. The highest BCUT2D eigenvalue weighted by molar-refractivity contribution is 6.56. The summed E-state index contributed by atoms with van der Waals surface area (Å²) in [6.45, 7) is 4.37. The molecular formula is C6H14BN. The smallest absolute Gasteiger partial charge is 0.220 e. The Bertz CT molecular complexity index is 59.5. The Labute approximate surface area is 52.0 Å². The minimum Gasteiger partial charge on any atom is -0.356 e. The molecule has 0 saturated carbocycles. The Kier molecular flexibility index (Phi) is 2.41. The maximum atomic E-state index is 3.46. The van der Waals surface area contributed by atoms with E-state index in [0.717, 1.165) is 6.85 Å². The summed E-state index contributed by atoms with van der Waals surface area (Å²) in [6.07, 6.45) is 5.51. The predicted octanol–water partition coefficient (Wildman–Crippen LogP) is 1.38. The lowest BCUT2D eigenvalue weighted by Gasteiger charge is -2.00. The van der Waals surface area contributed by atoms with Crippen LogP contribution in [0.1, 0.15) is 19.8 Å². The van der Waals surface area contributed by atoms with E-state index in [-0.39, 0.29) is 0 Å². The van der Waals surface area contributed by atoms with Gasteiger partial charge in [0, 0.05) is 0 Å². The fourth-order valence-electron chi connectivity index (χ4n) is 1.35. The zero-order chi connectivity index (χ0) is 5.82. The van der Waals surface area contributed by atoms with Gasteiger partial charge in [-0.15, -0.1) is 0 Å². The third kappa shape index (κ3) is 1.51. The monoisotopic (exact) mass is 111 g/mol. The second-order valence-electron chi connectivity index (χ2n) is 2.58. The van der Waals surface area contributed by atoms with E-state index in [2.05, 4.69) is 12.2 Å². The maximum absolute atomic E-state index is 3.46. The Hall–Kier alpha value is 0.0249. The van der Waals surface area contributed by atoms with Crippen LogP contribution >= 0.6 is 0 Å². The molecule has 1 fully saturated rings. The number of hydrogen-bond acceptors (Lipinski definition) is 1. The van der Waals surface area contributed by atoms with E-state index in [1.54, 1.807) is 0 Å². The van der Waals surface area contributed by atoms with Crippen molar-refractivity contribution in [3.8, 4) is 0 Å². The maximum Gasteiger partial charge on any atom is 0.220 e. The van der Waals surface area contributed by atoms with Crippen molar-refractivity contribution in [2.75, 3.05) is 6.54 Å². The van der Waals surface area contributed by atoms with E-state index < -0.39 is 0 Å². The molecule has 0 spiro atoms. The lowest BCUT2D eigenvalue weighted by molar-refractivity contribution is 0.927. The normalized spacial score (nSPS) is 19.9. The first-order valence-electron chi connectivity index (χ1n) is 3.67. The van der Waals surface area contributed by atoms with Crippen molar-refractivity contribution in [2.45, 2.75) is 32.4 Å². The van der Waals surface area contributed by atoms with Gasteiger partial charge in [0.25, 0.3) is 0 Å². The highest BCUT2D eigenvalue weighted by Gasteiger charge is 2.16. The summed E-state index contributed by atoms with van der Waals surface area (Å²) in [6, 6.07) is 0. The highest BCUT2D eigenvalue weighted by atomic mass is 14.8. The highest BCUT2D eigenvalue weighted by Crippen LogP contribution is 2.07. The quantitative estimate of drug-likeness (QED) is 0.530. The van der Waals surface area contributed by atoms with Crippen molar-refractivity contribution in [2.24, 2.45) is 0 Å². The fourth-order valence-corrected chi connectivity index (χ4v) is 1.35. The van der Waals surface area contributed by atoms with Crippen molar-refractivity contribution in [3.05, 3.63) is 0 Å². The number of rotatable bonds is 2. The SMILES string of the molecule is CCCB1CCCN1. The van der Waals surface area contributed by atoms with E-state index in [1.165, 1.54) is 32.0 Å². The summed E-state index contributed by atoms with van der Waals surface area (Å²) >= 11 is 0. The van der Waals surface area contributed by atoms with Crippen molar-refractivity contribution in [1.29, 1.82) is 0 Å². The summed E-state index contributed by atoms with van der Waals surface area (Å²) in [5.41, 5.74) is 0. The standard InChI is InChI=1S/C6H14BN/c1-2-4-7-5-3-6-8-7/h8H,2-6H2,1H3. The summed E-state index contributed by atoms with van der Waals surface area (Å²) in [7, 11) is 0. The minimum atomic E-state index is 0.861. The van der Waals surface area contributed by atoms with E-state index in [4.69, 9.17) is 0 Å². The van der Waals surface area contributed by atoms with Crippen molar-refractivity contribution >= 4 is 6.85 Å². The average Bonchev–Trinajstić information content (AvgIpc) is 2.19. The zero-order valence-electron chi connectivity index (χ0n) is 5.61. The molecule has 0 unspecified atom stereocenters. The summed E-state index contributed by atoms with van der Waals surface area (Å²) < 4.78 is 0. The van der Waals surface area contributed by atoms with Crippen LogP contribution in [-0.2, 0) is 0 Å². The van der Waals surface area contributed by atoms with Gasteiger partial charge in [-0.05, 0) is 13.0 Å². The van der Waals surface area contributed by atoms with Crippen molar-refractivity contribution in [3.63, 3.8) is 0 Å². The van der Waals surface area contributed by atoms with E-state index in [0.29, 0.717) is 0 Å². The lowest BCUT2D eigenvalue weighted by Crippen LogP contribution is -2.25. The average molecular weight is 111 g/mol. The van der Waals surface area contributed by atoms with Gasteiger partial charge in [0.15, 0.2) is 0 Å². The zero-order valence-corrected chi connectivity index (χ0v) is 5.61. The predicted molar refractivity (Wildman–Crippen MR) is 38.3 cm³/mol. The van der Waals surface area contributed by atoms with E-state index in [1.807, 2.05) is 0 Å². The van der Waals surface area contributed by atoms with Gasteiger partial charge in [-0.1, -0.05) is 26.0 Å². The van der Waals surface area contributed by atoms with Crippen LogP contribution in [0.4, 0.5) is 0 Å². The van der Waals surface area contributed by atoms with Crippen LogP contribution in [0.15, 0.2) is 0 Å². The van der Waals surface area contributed by atoms with Gasteiger partial charge in [-0.25, -0.2) is 0 Å². The molecule has 0 radical (unpaired) electrons. The Morgan fingerprint density at radius 2 is 2.50 bits per heavy atom. The lowest BCUT2D eigenvalue weighted by atomic mass is 9.58. The van der Waals surface area contributed by atoms with Crippen LogP contribution < -0.4 is 5.23 Å². The molecule has 1 rings (SSSR count). The van der Waals surface area contributed by atoms with Gasteiger partial charge in [0.2, 0.25) is 6.85 Å². The fraction of sp³-hybridized carbons (Fsp3) is 1.00. The van der Waals surface area contributed by atoms with Crippen LogP contribution in [0, 0.1) is 0 Å². The molecule has 1 heterocycles. The summed E-state index contributed by atoms with van der Waals surface area (Å²) in [5, 5.41) is 3.46. The van der Waals surface area contributed by atoms with Gasteiger partial charge >= 0.3 is 0 Å². The molecule has 0 aromatic carbocycles. The van der Waals surface area contributed by atoms with Crippen molar-refractivity contribution < 1.29 is 0 Å². The molecule has 0 atom stereocenters. The number of hydrogen-bond donors (Lipinski definition) is 1. The van der Waals surface area contributed by atoms with E-state index in [9.17, 15) is 0 Å². The summed E-state index contributed by atoms with van der Waals surface area (Å²) in [4.78, 5) is 0. The summed E-state index contributed by atoms with van der Waals surface area (Å²) in [5.74, 6) is 0. The molecule has 1 saturated heterocycles. The third-order valence-electron chi connectivity index (χ3n) is 1.80. The largest absolute Gasteiger partial charge is 0.356 e. The molecule has 1 aliphatic rings. The first-order valence-corrected chi connectivity index (χ1v) is 3.67. The molecular weight excluding hydrogens is 96.9 g/mol. The molecule has 0 aromatic heterocycles. The van der Waals surface area contributed by atoms with Crippen molar-refractivity contribution in [1.82, 2.24) is 5.23 Å². The first kappa shape index (κ1) is 6.15. The van der Waals surface area contributed by atoms with Gasteiger partial charge < -0.3 is 5.23 Å². The van der Waals surface area contributed by atoms with E-state index >= 15 is 0 Å². The van der Waals surface area contributed by atoms with Gasteiger partial charge in [0.05, 0.1) is 0 Å². The Morgan fingerprint density at radius 3 is 3.00 bits per heavy atom. The molecule has 0 bridgehead atoms. The van der Waals surface area contributed by atoms with Crippen LogP contribution in [0.25, 0.3) is 0 Å². The second-order valence-corrected chi connectivity index (χ2v) is 2.58. The molecule has 8 heavy (non-hydrogen) atoms.